The lowest BCUT2D eigenvalue weighted by molar-refractivity contribution is 0.358. The van der Waals surface area contributed by atoms with Crippen LogP contribution in [0.1, 0.15) is 5.56 Å². The van der Waals surface area contributed by atoms with Crippen LogP contribution in [0.25, 0.3) is 0 Å². The highest BCUT2D eigenvalue weighted by Gasteiger charge is 2.24. The van der Waals surface area contributed by atoms with E-state index in [9.17, 15) is 8.42 Å². The average Bonchev–Trinajstić information content (AvgIpc) is 2.95. The molecule has 0 radical (unpaired) electrons. The summed E-state index contributed by atoms with van der Waals surface area (Å²) in [5, 5.41) is 10.8. The standard InChI is InChI=1S/C16H18N4O2S2/c1-24(21,22)11-2-3-13-14(8-11)18-15-10-23-9-12(15)16(19-13)20-6-4-17-5-7-20/h2-3,8-10,17-18H,4-7H2,1H3. The Balaban J connectivity index is 1.84. The quantitative estimate of drug-likeness (QED) is 0.813. The van der Waals surface area contributed by atoms with Crippen molar-refractivity contribution >= 4 is 44.1 Å². The summed E-state index contributed by atoms with van der Waals surface area (Å²) in [6.45, 7) is 3.69. The number of aliphatic imine (C=N–C) groups is 1. The second-order valence-corrected chi connectivity index (χ2v) is 8.71. The van der Waals surface area contributed by atoms with Gasteiger partial charge in [0.2, 0.25) is 0 Å². The molecule has 2 N–H and O–H groups in total. The second-order valence-electron chi connectivity index (χ2n) is 5.95. The molecule has 2 aliphatic heterocycles. The zero-order valence-corrected chi connectivity index (χ0v) is 14.9. The van der Waals surface area contributed by atoms with Gasteiger partial charge in [0.05, 0.1) is 27.5 Å². The van der Waals surface area contributed by atoms with Crippen LogP contribution in [-0.2, 0) is 9.84 Å². The minimum absolute atomic E-state index is 0.298. The van der Waals surface area contributed by atoms with Crippen LogP contribution in [0, 0.1) is 0 Å². The van der Waals surface area contributed by atoms with Crippen LogP contribution in [0.15, 0.2) is 38.8 Å². The van der Waals surface area contributed by atoms with Crippen molar-refractivity contribution in [3.05, 3.63) is 34.5 Å². The molecule has 0 bridgehead atoms. The minimum atomic E-state index is -3.25. The Hall–Kier alpha value is -1.90. The third-order valence-corrected chi connectivity index (χ3v) is 6.07. The first-order chi connectivity index (χ1) is 11.5. The maximum atomic E-state index is 11.8. The predicted octanol–water partition coefficient (Wildman–Crippen LogP) is 2.19. The van der Waals surface area contributed by atoms with Crippen LogP contribution in [0.5, 0.6) is 0 Å². The minimum Gasteiger partial charge on any atom is -0.353 e. The maximum Gasteiger partial charge on any atom is 0.175 e. The number of anilines is 2. The molecular formula is C16H18N4O2S2. The summed E-state index contributed by atoms with van der Waals surface area (Å²) in [5.41, 5.74) is 3.53. The lowest BCUT2D eigenvalue weighted by atomic mass is 10.2. The smallest absolute Gasteiger partial charge is 0.175 e. The van der Waals surface area contributed by atoms with Gasteiger partial charge in [-0.2, -0.15) is 0 Å². The number of piperazine rings is 1. The first-order valence-electron chi connectivity index (χ1n) is 7.74. The van der Waals surface area contributed by atoms with Crippen molar-refractivity contribution in [3.63, 3.8) is 0 Å². The number of amidine groups is 1. The van der Waals surface area contributed by atoms with Crippen molar-refractivity contribution in [2.24, 2.45) is 4.99 Å². The van der Waals surface area contributed by atoms with Crippen LogP contribution in [-0.4, -0.2) is 51.6 Å². The van der Waals surface area contributed by atoms with E-state index in [1.54, 1.807) is 29.5 Å². The topological polar surface area (TPSA) is 73.8 Å². The molecule has 0 amide bonds. The summed E-state index contributed by atoms with van der Waals surface area (Å²) in [5.74, 6) is 0.950. The van der Waals surface area contributed by atoms with E-state index in [1.807, 2.05) is 5.38 Å². The largest absolute Gasteiger partial charge is 0.353 e. The van der Waals surface area contributed by atoms with Crippen molar-refractivity contribution in [2.45, 2.75) is 4.90 Å². The first-order valence-corrected chi connectivity index (χ1v) is 10.6. The summed E-state index contributed by atoms with van der Waals surface area (Å²) in [6, 6.07) is 5.06. The third kappa shape index (κ3) is 2.81. The van der Waals surface area contributed by atoms with Crippen molar-refractivity contribution in [1.29, 1.82) is 0 Å². The number of thiophene rings is 1. The second kappa shape index (κ2) is 5.87. The summed E-state index contributed by atoms with van der Waals surface area (Å²) in [6.07, 6.45) is 1.22. The molecule has 0 aliphatic carbocycles. The van der Waals surface area contributed by atoms with Crippen LogP contribution in [0.2, 0.25) is 0 Å². The van der Waals surface area contributed by atoms with E-state index in [0.717, 1.165) is 54.6 Å². The molecule has 0 saturated carbocycles. The molecular weight excluding hydrogens is 344 g/mol. The zero-order valence-electron chi connectivity index (χ0n) is 13.2. The lowest BCUT2D eigenvalue weighted by Crippen LogP contribution is -2.46. The molecule has 0 spiro atoms. The average molecular weight is 362 g/mol. The zero-order chi connectivity index (χ0) is 16.7. The number of fused-ring (bicyclic) bond motifs is 2. The summed E-state index contributed by atoms with van der Waals surface area (Å²) in [4.78, 5) is 7.44. The molecule has 2 aromatic rings. The van der Waals surface area contributed by atoms with Gasteiger partial charge in [0.1, 0.15) is 5.84 Å². The van der Waals surface area contributed by atoms with E-state index >= 15 is 0 Å². The van der Waals surface area contributed by atoms with Crippen LogP contribution < -0.4 is 10.6 Å². The maximum absolute atomic E-state index is 11.8. The SMILES string of the molecule is CS(=O)(=O)c1ccc2c(c1)Nc1cscc1C(N1CCNCC1)=N2. The van der Waals surface area contributed by atoms with E-state index in [4.69, 9.17) is 4.99 Å². The molecule has 126 valence electrons. The molecule has 1 fully saturated rings. The number of nitrogens with one attached hydrogen (secondary N) is 2. The monoisotopic (exact) mass is 362 g/mol. The molecule has 0 atom stereocenters. The van der Waals surface area contributed by atoms with Gasteiger partial charge in [-0.05, 0) is 18.2 Å². The fourth-order valence-corrected chi connectivity index (χ4v) is 4.35. The number of rotatable bonds is 1. The Morgan fingerprint density at radius 2 is 1.96 bits per heavy atom. The summed E-state index contributed by atoms with van der Waals surface area (Å²) in [7, 11) is -3.25. The molecule has 8 heteroatoms. The fourth-order valence-electron chi connectivity index (χ4n) is 2.95. The fraction of sp³-hybridized carbons (Fsp3) is 0.312. The van der Waals surface area contributed by atoms with Crippen LogP contribution in [0.4, 0.5) is 17.1 Å². The molecule has 6 nitrogen and oxygen atoms in total. The van der Waals surface area contributed by atoms with Crippen molar-refractivity contribution in [1.82, 2.24) is 10.2 Å². The van der Waals surface area contributed by atoms with Gasteiger partial charge in [-0.3, -0.25) is 0 Å². The number of hydrogen-bond acceptors (Lipinski definition) is 7. The van der Waals surface area contributed by atoms with E-state index in [2.05, 4.69) is 20.9 Å². The van der Waals surface area contributed by atoms with E-state index in [0.29, 0.717) is 4.90 Å². The highest BCUT2D eigenvalue weighted by atomic mass is 32.2. The third-order valence-electron chi connectivity index (χ3n) is 4.21. The molecule has 1 aromatic carbocycles. The van der Waals surface area contributed by atoms with Gasteiger partial charge >= 0.3 is 0 Å². The van der Waals surface area contributed by atoms with Crippen molar-refractivity contribution in [2.75, 3.05) is 37.8 Å². The first kappa shape index (κ1) is 15.6. The molecule has 24 heavy (non-hydrogen) atoms. The molecule has 0 unspecified atom stereocenters. The Kier molecular flexibility index (Phi) is 3.82. The van der Waals surface area contributed by atoms with Crippen molar-refractivity contribution in [3.8, 4) is 0 Å². The number of sulfone groups is 1. The predicted molar refractivity (Wildman–Crippen MR) is 97.8 cm³/mol. The number of nitrogens with zero attached hydrogens (tertiary/aromatic N) is 2. The van der Waals surface area contributed by atoms with Gasteiger partial charge in [-0.1, -0.05) is 0 Å². The Bertz CT molecular complexity index is 912. The van der Waals surface area contributed by atoms with E-state index < -0.39 is 9.84 Å². The lowest BCUT2D eigenvalue weighted by Gasteiger charge is -2.30. The van der Waals surface area contributed by atoms with Gasteiger partial charge in [0, 0.05) is 43.2 Å². The number of hydrogen-bond donors (Lipinski definition) is 2. The highest BCUT2D eigenvalue weighted by molar-refractivity contribution is 7.90. The van der Waals surface area contributed by atoms with Crippen LogP contribution >= 0.6 is 11.3 Å². The van der Waals surface area contributed by atoms with Gasteiger partial charge in [0.25, 0.3) is 0 Å². The Morgan fingerprint density at radius 1 is 1.17 bits per heavy atom. The van der Waals surface area contributed by atoms with Gasteiger partial charge in [-0.25, -0.2) is 13.4 Å². The molecule has 1 saturated heterocycles. The summed E-state index contributed by atoms with van der Waals surface area (Å²) < 4.78 is 23.7. The molecule has 3 heterocycles. The molecule has 4 rings (SSSR count). The van der Waals surface area contributed by atoms with Gasteiger partial charge < -0.3 is 15.5 Å². The number of benzene rings is 1. The Labute approximate surface area is 145 Å². The van der Waals surface area contributed by atoms with Gasteiger partial charge in [-0.15, -0.1) is 11.3 Å². The van der Waals surface area contributed by atoms with E-state index in [1.165, 1.54) is 6.26 Å². The highest BCUT2D eigenvalue weighted by Crippen LogP contribution is 2.37. The summed E-state index contributed by atoms with van der Waals surface area (Å²) >= 11 is 1.61. The normalized spacial score (nSPS) is 17.4. The Morgan fingerprint density at radius 3 is 2.71 bits per heavy atom. The van der Waals surface area contributed by atoms with Crippen LogP contribution in [0.3, 0.4) is 0 Å². The van der Waals surface area contributed by atoms with Gasteiger partial charge in [0.15, 0.2) is 9.84 Å². The van der Waals surface area contributed by atoms with Crippen molar-refractivity contribution < 1.29 is 8.42 Å². The molecule has 1 aromatic heterocycles. The van der Waals surface area contributed by atoms with E-state index in [-0.39, 0.29) is 0 Å². The molecule has 2 aliphatic rings.